The number of methoxy groups -OCH3 is 1. The lowest BCUT2D eigenvalue weighted by molar-refractivity contribution is -0.385. The van der Waals surface area contributed by atoms with Crippen LogP contribution < -0.4 is 10.2 Å². The number of hydrogen-bond donors (Lipinski definition) is 2. The number of carbonyl (C=O) groups is 1. The highest BCUT2D eigenvalue weighted by atomic mass is 79.9. The second kappa shape index (κ2) is 8.77. The van der Waals surface area contributed by atoms with Gasteiger partial charge in [0.05, 0.1) is 29.1 Å². The summed E-state index contributed by atoms with van der Waals surface area (Å²) in [5.74, 6) is -0.346. The molecule has 0 aliphatic rings. The summed E-state index contributed by atoms with van der Waals surface area (Å²) in [6.45, 7) is 0. The van der Waals surface area contributed by atoms with Gasteiger partial charge in [-0.15, -0.1) is 0 Å². The number of para-hydroxylation sites is 1. The van der Waals surface area contributed by atoms with E-state index in [1.165, 1.54) is 37.6 Å². The first-order valence-electron chi connectivity index (χ1n) is 7.14. The van der Waals surface area contributed by atoms with E-state index >= 15 is 0 Å². The van der Waals surface area contributed by atoms with Gasteiger partial charge in [-0.25, -0.2) is 5.43 Å². The van der Waals surface area contributed by atoms with Gasteiger partial charge in [-0.2, -0.15) is 5.10 Å². The topological polar surface area (TPSA) is 114 Å². The largest absolute Gasteiger partial charge is 0.503 e. The Morgan fingerprint density at radius 1 is 1.38 bits per heavy atom. The van der Waals surface area contributed by atoms with Gasteiger partial charge in [-0.3, -0.25) is 14.9 Å². The standard InChI is InChI=1S/C16H13Br2N3O5/c1-26-12-6-10(14(17)15(18)16(12)23)8-19-20-13(22)7-9-4-2-3-5-11(9)21(24)25/h2-6,8,23H,7H2,1H3,(H,20,22). The quantitative estimate of drug-likeness (QED) is 0.368. The molecule has 8 nitrogen and oxygen atoms in total. The molecule has 0 aliphatic carbocycles. The minimum Gasteiger partial charge on any atom is -0.503 e. The summed E-state index contributed by atoms with van der Waals surface area (Å²) in [5.41, 5.74) is 3.02. The van der Waals surface area contributed by atoms with Gasteiger partial charge in [0.15, 0.2) is 11.5 Å². The summed E-state index contributed by atoms with van der Waals surface area (Å²) in [7, 11) is 1.41. The maximum absolute atomic E-state index is 12.0. The Balaban J connectivity index is 2.11. The summed E-state index contributed by atoms with van der Waals surface area (Å²) in [4.78, 5) is 22.4. The number of benzene rings is 2. The van der Waals surface area contributed by atoms with E-state index in [4.69, 9.17) is 4.74 Å². The number of nitro groups is 1. The number of phenols is 1. The Bertz CT molecular complexity index is 886. The van der Waals surface area contributed by atoms with E-state index in [0.717, 1.165) is 0 Å². The number of carbonyl (C=O) groups excluding carboxylic acids is 1. The Labute approximate surface area is 165 Å². The molecule has 26 heavy (non-hydrogen) atoms. The maximum atomic E-state index is 12.0. The van der Waals surface area contributed by atoms with E-state index in [9.17, 15) is 20.0 Å². The molecule has 0 bridgehead atoms. The van der Waals surface area contributed by atoms with Crippen molar-refractivity contribution >= 4 is 49.7 Å². The summed E-state index contributed by atoms with van der Waals surface area (Å²) >= 11 is 6.52. The van der Waals surface area contributed by atoms with Crippen LogP contribution in [0.25, 0.3) is 0 Å². The predicted molar refractivity (Wildman–Crippen MR) is 103 cm³/mol. The monoisotopic (exact) mass is 485 g/mol. The van der Waals surface area contributed by atoms with Crippen LogP contribution in [0.15, 0.2) is 44.4 Å². The molecular formula is C16H13Br2N3O5. The molecule has 0 heterocycles. The van der Waals surface area contributed by atoms with Crippen LogP contribution in [0.1, 0.15) is 11.1 Å². The Morgan fingerprint density at radius 2 is 2.08 bits per heavy atom. The highest BCUT2D eigenvalue weighted by Crippen LogP contribution is 2.41. The van der Waals surface area contributed by atoms with E-state index < -0.39 is 10.8 Å². The van der Waals surface area contributed by atoms with Gasteiger partial charge in [0.25, 0.3) is 5.69 Å². The zero-order valence-corrected chi connectivity index (χ0v) is 16.6. The molecule has 0 saturated heterocycles. The first kappa shape index (κ1) is 19.9. The number of nitro benzene ring substituents is 1. The minimum atomic E-state index is -0.538. The lowest BCUT2D eigenvalue weighted by atomic mass is 10.1. The van der Waals surface area contributed by atoms with Crippen molar-refractivity contribution in [1.29, 1.82) is 0 Å². The number of amides is 1. The highest BCUT2D eigenvalue weighted by Gasteiger charge is 2.16. The summed E-state index contributed by atoms with van der Waals surface area (Å²) in [5, 5.41) is 24.7. The van der Waals surface area contributed by atoms with Crippen LogP contribution in [0.4, 0.5) is 5.69 Å². The van der Waals surface area contributed by atoms with Crippen LogP contribution in [-0.4, -0.2) is 29.3 Å². The van der Waals surface area contributed by atoms with E-state index in [2.05, 4.69) is 42.4 Å². The third-order valence-corrected chi connectivity index (χ3v) is 5.48. The van der Waals surface area contributed by atoms with Gasteiger partial charge in [0, 0.05) is 21.7 Å². The van der Waals surface area contributed by atoms with E-state index in [1.807, 2.05) is 0 Å². The smallest absolute Gasteiger partial charge is 0.273 e. The zero-order valence-electron chi connectivity index (χ0n) is 13.4. The molecule has 2 N–H and O–H groups in total. The number of halogens is 2. The van der Waals surface area contributed by atoms with E-state index in [0.29, 0.717) is 20.1 Å². The molecule has 1 amide bonds. The molecule has 0 aliphatic heterocycles. The van der Waals surface area contributed by atoms with E-state index in [1.54, 1.807) is 6.07 Å². The Morgan fingerprint density at radius 3 is 2.73 bits per heavy atom. The Kier molecular flexibility index (Phi) is 6.70. The van der Waals surface area contributed by atoms with Crippen LogP contribution in [0.3, 0.4) is 0 Å². The normalized spacial score (nSPS) is 10.7. The maximum Gasteiger partial charge on any atom is 0.273 e. The highest BCUT2D eigenvalue weighted by molar-refractivity contribution is 9.13. The van der Waals surface area contributed by atoms with Gasteiger partial charge in [0.2, 0.25) is 5.91 Å². The SMILES string of the molecule is COc1cc(C=NNC(=O)Cc2ccccc2[N+](=O)[O-])c(Br)c(Br)c1O. The average Bonchev–Trinajstić information content (AvgIpc) is 2.62. The van der Waals surface area contributed by atoms with Gasteiger partial charge >= 0.3 is 0 Å². The fourth-order valence-electron chi connectivity index (χ4n) is 2.09. The van der Waals surface area contributed by atoms with Crippen molar-refractivity contribution in [3.63, 3.8) is 0 Å². The average molecular weight is 487 g/mol. The number of aromatic hydroxyl groups is 1. The van der Waals surface area contributed by atoms with Crippen LogP contribution in [0.5, 0.6) is 11.5 Å². The van der Waals surface area contributed by atoms with Crippen molar-refractivity contribution in [1.82, 2.24) is 5.43 Å². The van der Waals surface area contributed by atoms with Gasteiger partial charge in [-0.05, 0) is 37.9 Å². The van der Waals surface area contributed by atoms with Gasteiger partial charge in [0.1, 0.15) is 0 Å². The molecule has 0 saturated carbocycles. The number of hydrogen-bond acceptors (Lipinski definition) is 6. The number of rotatable bonds is 6. The molecule has 2 rings (SSSR count). The van der Waals surface area contributed by atoms with Crippen LogP contribution in [0.2, 0.25) is 0 Å². The molecule has 0 spiro atoms. The molecule has 10 heteroatoms. The molecule has 0 radical (unpaired) electrons. The third kappa shape index (κ3) is 4.58. The summed E-state index contributed by atoms with van der Waals surface area (Å²) in [6.07, 6.45) is 1.17. The van der Waals surface area contributed by atoms with Crippen molar-refractivity contribution in [2.75, 3.05) is 7.11 Å². The predicted octanol–water partition coefficient (Wildman–Crippen LogP) is 3.53. The van der Waals surface area contributed by atoms with Gasteiger partial charge in [-0.1, -0.05) is 18.2 Å². The molecule has 0 aromatic heterocycles. The third-order valence-electron chi connectivity index (χ3n) is 3.33. The van der Waals surface area contributed by atoms with Crippen molar-refractivity contribution in [3.05, 3.63) is 60.5 Å². The molecule has 0 unspecified atom stereocenters. The molecule has 136 valence electrons. The van der Waals surface area contributed by atoms with Crippen molar-refractivity contribution < 1.29 is 19.6 Å². The van der Waals surface area contributed by atoms with Crippen molar-refractivity contribution in [3.8, 4) is 11.5 Å². The zero-order chi connectivity index (χ0) is 19.3. The minimum absolute atomic E-state index is 0.0723. The number of hydrazone groups is 1. The van der Waals surface area contributed by atoms with Crippen molar-refractivity contribution in [2.24, 2.45) is 5.10 Å². The summed E-state index contributed by atoms with van der Waals surface area (Å²) in [6, 6.07) is 7.53. The number of ether oxygens (including phenoxy) is 1. The molecular weight excluding hydrogens is 474 g/mol. The number of nitrogens with zero attached hydrogens (tertiary/aromatic N) is 2. The second-order valence-corrected chi connectivity index (χ2v) is 6.59. The second-order valence-electron chi connectivity index (χ2n) is 5.00. The molecule has 0 fully saturated rings. The lowest BCUT2D eigenvalue weighted by Crippen LogP contribution is -2.20. The van der Waals surface area contributed by atoms with Crippen LogP contribution in [-0.2, 0) is 11.2 Å². The number of nitrogens with one attached hydrogen (secondary N) is 1. The molecule has 2 aromatic rings. The lowest BCUT2D eigenvalue weighted by Gasteiger charge is -2.09. The molecule has 0 atom stereocenters. The first-order chi connectivity index (χ1) is 12.3. The van der Waals surface area contributed by atoms with Crippen molar-refractivity contribution in [2.45, 2.75) is 6.42 Å². The van der Waals surface area contributed by atoms with E-state index in [-0.39, 0.29) is 23.6 Å². The van der Waals surface area contributed by atoms with Crippen LogP contribution >= 0.6 is 31.9 Å². The molecule has 2 aromatic carbocycles. The fraction of sp³-hybridized carbons (Fsp3) is 0.125. The van der Waals surface area contributed by atoms with Crippen LogP contribution in [0, 0.1) is 10.1 Å². The Hall–Kier alpha value is -2.46. The number of phenolic OH excluding ortho intramolecular Hbond substituents is 1. The first-order valence-corrected chi connectivity index (χ1v) is 8.73. The summed E-state index contributed by atoms with van der Waals surface area (Å²) < 4.78 is 5.95. The fourth-order valence-corrected chi connectivity index (χ4v) is 2.92. The van der Waals surface area contributed by atoms with Gasteiger partial charge < -0.3 is 9.84 Å².